The molecule has 0 bridgehead atoms. The molecule has 0 spiro atoms. The van der Waals surface area contributed by atoms with Gasteiger partial charge in [-0.15, -0.1) is 0 Å². The van der Waals surface area contributed by atoms with Crippen LogP contribution in [0.1, 0.15) is 30.9 Å². The van der Waals surface area contributed by atoms with Gasteiger partial charge in [0.05, 0.1) is 6.26 Å². The number of hydrogen-bond acceptors (Lipinski definition) is 3. The molecule has 1 atom stereocenters. The maximum absolute atomic E-state index is 11.9. The Hall–Kier alpha value is -1.29. The van der Waals surface area contributed by atoms with E-state index in [1.807, 2.05) is 17.0 Å². The van der Waals surface area contributed by atoms with Crippen molar-refractivity contribution in [3.63, 3.8) is 0 Å². The summed E-state index contributed by atoms with van der Waals surface area (Å²) in [5.74, 6) is 1.03. The monoisotopic (exact) mass is 222 g/mol. The molecule has 88 valence electrons. The number of amides is 1. The molecule has 0 radical (unpaired) electrons. The number of carbonyl (C=O) groups excluding carboxylic acids is 1. The quantitative estimate of drug-likeness (QED) is 0.836. The Bertz CT molecular complexity index is 329. The van der Waals surface area contributed by atoms with Crippen LogP contribution >= 0.6 is 0 Å². The van der Waals surface area contributed by atoms with Gasteiger partial charge in [0.15, 0.2) is 0 Å². The first kappa shape index (κ1) is 11.2. The van der Waals surface area contributed by atoms with Crippen LogP contribution < -0.4 is 5.73 Å². The average molecular weight is 222 g/mol. The van der Waals surface area contributed by atoms with Gasteiger partial charge in [-0.3, -0.25) is 4.79 Å². The van der Waals surface area contributed by atoms with E-state index < -0.39 is 0 Å². The fraction of sp³-hybridized carbons (Fsp3) is 0.583. The lowest BCUT2D eigenvalue weighted by Crippen LogP contribution is -2.30. The van der Waals surface area contributed by atoms with Crippen molar-refractivity contribution in [2.45, 2.75) is 25.2 Å². The molecule has 0 saturated carbocycles. The fourth-order valence-corrected chi connectivity index (χ4v) is 2.13. The molecule has 1 amide bonds. The van der Waals surface area contributed by atoms with Gasteiger partial charge in [-0.2, -0.15) is 0 Å². The molecule has 4 heteroatoms. The molecule has 2 N–H and O–H groups in total. The van der Waals surface area contributed by atoms with Crippen LogP contribution in [0.2, 0.25) is 0 Å². The van der Waals surface area contributed by atoms with Gasteiger partial charge in [-0.25, -0.2) is 0 Å². The predicted octanol–water partition coefficient (Wildman–Crippen LogP) is 1.33. The Morgan fingerprint density at radius 3 is 2.81 bits per heavy atom. The standard InChI is InChI=1S/C12H18N2O2/c13-9-10(11-4-3-7-16-11)8-12(15)14-5-1-2-6-14/h3-4,7,10H,1-2,5-6,8-9,13H2/t10-/m0/s1. The number of likely N-dealkylation sites (tertiary alicyclic amines) is 1. The van der Waals surface area contributed by atoms with E-state index in [2.05, 4.69) is 0 Å². The van der Waals surface area contributed by atoms with Gasteiger partial charge in [-0.1, -0.05) is 0 Å². The van der Waals surface area contributed by atoms with E-state index in [-0.39, 0.29) is 11.8 Å². The zero-order valence-corrected chi connectivity index (χ0v) is 9.39. The molecule has 1 saturated heterocycles. The molecule has 0 aliphatic carbocycles. The van der Waals surface area contributed by atoms with Gasteiger partial charge in [0.2, 0.25) is 5.91 Å². The number of hydrogen-bond donors (Lipinski definition) is 1. The van der Waals surface area contributed by atoms with Crippen molar-refractivity contribution >= 4 is 5.91 Å². The van der Waals surface area contributed by atoms with E-state index in [1.165, 1.54) is 0 Å². The number of carbonyl (C=O) groups is 1. The first-order valence-corrected chi connectivity index (χ1v) is 5.82. The minimum absolute atomic E-state index is 0.0168. The highest BCUT2D eigenvalue weighted by Crippen LogP contribution is 2.21. The zero-order chi connectivity index (χ0) is 11.4. The maximum Gasteiger partial charge on any atom is 0.223 e. The first-order valence-electron chi connectivity index (χ1n) is 5.82. The van der Waals surface area contributed by atoms with Crippen LogP contribution in [0.3, 0.4) is 0 Å². The predicted molar refractivity (Wildman–Crippen MR) is 60.9 cm³/mol. The molecule has 1 aromatic heterocycles. The van der Waals surface area contributed by atoms with Crippen LogP contribution in [0, 0.1) is 0 Å². The lowest BCUT2D eigenvalue weighted by molar-refractivity contribution is -0.130. The molecule has 1 aromatic rings. The topological polar surface area (TPSA) is 59.5 Å². The maximum atomic E-state index is 11.9. The Morgan fingerprint density at radius 1 is 1.50 bits per heavy atom. The minimum atomic E-state index is 0.0168. The highest BCUT2D eigenvalue weighted by molar-refractivity contribution is 5.77. The summed E-state index contributed by atoms with van der Waals surface area (Å²) >= 11 is 0. The lowest BCUT2D eigenvalue weighted by Gasteiger charge is -2.18. The van der Waals surface area contributed by atoms with E-state index in [1.54, 1.807) is 6.26 Å². The molecule has 0 aromatic carbocycles. The third-order valence-electron chi connectivity index (χ3n) is 3.11. The average Bonchev–Trinajstić information content (AvgIpc) is 2.96. The Labute approximate surface area is 95.4 Å². The summed E-state index contributed by atoms with van der Waals surface area (Å²) in [5, 5.41) is 0. The highest BCUT2D eigenvalue weighted by Gasteiger charge is 2.23. The first-order chi connectivity index (χ1) is 7.81. The Morgan fingerprint density at radius 2 is 2.25 bits per heavy atom. The van der Waals surface area contributed by atoms with Crippen molar-refractivity contribution in [3.8, 4) is 0 Å². The molecule has 4 nitrogen and oxygen atoms in total. The largest absolute Gasteiger partial charge is 0.469 e. The van der Waals surface area contributed by atoms with Crippen molar-refractivity contribution in [2.75, 3.05) is 19.6 Å². The minimum Gasteiger partial charge on any atom is -0.469 e. The molecule has 1 fully saturated rings. The Kier molecular flexibility index (Phi) is 3.62. The second kappa shape index (κ2) is 5.16. The van der Waals surface area contributed by atoms with Crippen LogP contribution in [-0.2, 0) is 4.79 Å². The summed E-state index contributed by atoms with van der Waals surface area (Å²) in [7, 11) is 0. The molecule has 2 rings (SSSR count). The van der Waals surface area contributed by atoms with Crippen molar-refractivity contribution in [1.29, 1.82) is 0 Å². The highest BCUT2D eigenvalue weighted by atomic mass is 16.3. The summed E-state index contributed by atoms with van der Waals surface area (Å²) in [5.41, 5.74) is 5.68. The van der Waals surface area contributed by atoms with Gasteiger partial charge in [-0.05, 0) is 25.0 Å². The van der Waals surface area contributed by atoms with Crippen LogP contribution in [0.5, 0.6) is 0 Å². The number of nitrogens with two attached hydrogens (primary N) is 1. The van der Waals surface area contributed by atoms with Gasteiger partial charge >= 0.3 is 0 Å². The van der Waals surface area contributed by atoms with Crippen molar-refractivity contribution in [1.82, 2.24) is 4.90 Å². The van der Waals surface area contributed by atoms with Crippen molar-refractivity contribution in [2.24, 2.45) is 5.73 Å². The van der Waals surface area contributed by atoms with Crippen LogP contribution in [0.25, 0.3) is 0 Å². The number of nitrogens with zero attached hydrogens (tertiary/aromatic N) is 1. The Balaban J connectivity index is 1.93. The van der Waals surface area contributed by atoms with Crippen LogP contribution in [0.4, 0.5) is 0 Å². The SMILES string of the molecule is NC[C@H](CC(=O)N1CCCC1)c1ccco1. The summed E-state index contributed by atoms with van der Waals surface area (Å²) in [6.07, 6.45) is 4.34. The van der Waals surface area contributed by atoms with E-state index in [0.717, 1.165) is 31.7 Å². The number of furan rings is 1. The molecule has 1 aliphatic rings. The zero-order valence-electron chi connectivity index (χ0n) is 9.39. The normalized spacial score (nSPS) is 17.7. The summed E-state index contributed by atoms with van der Waals surface area (Å²) < 4.78 is 5.30. The van der Waals surface area contributed by atoms with E-state index in [9.17, 15) is 4.79 Å². The smallest absolute Gasteiger partial charge is 0.223 e. The van der Waals surface area contributed by atoms with E-state index >= 15 is 0 Å². The molecule has 16 heavy (non-hydrogen) atoms. The third kappa shape index (κ3) is 2.44. The molecular weight excluding hydrogens is 204 g/mol. The van der Waals surface area contributed by atoms with Crippen LogP contribution in [-0.4, -0.2) is 30.4 Å². The van der Waals surface area contributed by atoms with Gasteiger partial charge in [0.1, 0.15) is 5.76 Å². The summed E-state index contributed by atoms with van der Waals surface area (Å²) in [4.78, 5) is 13.9. The lowest BCUT2D eigenvalue weighted by atomic mass is 10.0. The van der Waals surface area contributed by atoms with E-state index in [4.69, 9.17) is 10.2 Å². The van der Waals surface area contributed by atoms with Crippen molar-refractivity contribution in [3.05, 3.63) is 24.2 Å². The molecule has 2 heterocycles. The second-order valence-corrected chi connectivity index (χ2v) is 4.24. The van der Waals surface area contributed by atoms with Gasteiger partial charge in [0, 0.05) is 32.0 Å². The summed E-state index contributed by atoms with van der Waals surface area (Å²) in [6, 6.07) is 3.72. The number of rotatable bonds is 4. The molecular formula is C12H18N2O2. The molecule has 1 aliphatic heterocycles. The van der Waals surface area contributed by atoms with Gasteiger partial charge < -0.3 is 15.1 Å². The fourth-order valence-electron chi connectivity index (χ4n) is 2.13. The van der Waals surface area contributed by atoms with Gasteiger partial charge in [0.25, 0.3) is 0 Å². The van der Waals surface area contributed by atoms with Crippen LogP contribution in [0.15, 0.2) is 22.8 Å². The second-order valence-electron chi connectivity index (χ2n) is 4.24. The summed E-state index contributed by atoms with van der Waals surface area (Å²) in [6.45, 7) is 2.25. The van der Waals surface area contributed by atoms with E-state index in [0.29, 0.717) is 13.0 Å². The molecule has 0 unspecified atom stereocenters. The third-order valence-corrected chi connectivity index (χ3v) is 3.11. The van der Waals surface area contributed by atoms with Crippen molar-refractivity contribution < 1.29 is 9.21 Å².